The Morgan fingerprint density at radius 1 is 1.16 bits per heavy atom. The molecule has 5 rings (SSSR count). The fourth-order valence-electron chi connectivity index (χ4n) is 4.85. The number of aromatic nitrogens is 4. The van der Waals surface area contributed by atoms with E-state index in [-0.39, 0.29) is 29.1 Å². The second-order valence-electron chi connectivity index (χ2n) is 9.47. The predicted octanol–water partition coefficient (Wildman–Crippen LogP) is 3.93. The summed E-state index contributed by atoms with van der Waals surface area (Å²) in [5.74, 6) is 1.30. The molecule has 1 aliphatic heterocycles. The molecule has 0 radical (unpaired) electrons. The molecule has 0 spiro atoms. The zero-order valence-corrected chi connectivity index (χ0v) is 21.6. The van der Waals surface area contributed by atoms with Gasteiger partial charge in [0.05, 0.1) is 17.0 Å². The van der Waals surface area contributed by atoms with Crippen LogP contribution in [0.25, 0.3) is 11.5 Å². The molecule has 3 heterocycles. The Hall–Kier alpha value is -3.73. The van der Waals surface area contributed by atoms with E-state index in [2.05, 4.69) is 15.4 Å². The van der Waals surface area contributed by atoms with Crippen LogP contribution >= 0.6 is 11.8 Å². The number of pyridine rings is 1. The molecule has 1 aliphatic carbocycles. The number of nitrogens with two attached hydrogens (primary N) is 2. The number of carbonyl (C=O) groups excluding carboxylic acids is 1. The number of benzene rings is 1. The summed E-state index contributed by atoms with van der Waals surface area (Å²) < 4.78 is 30.1. The van der Waals surface area contributed by atoms with E-state index in [0.717, 1.165) is 36.3 Å². The van der Waals surface area contributed by atoms with Crippen LogP contribution in [0.4, 0.5) is 8.78 Å². The number of hydrogen-bond acceptors (Lipinski definition) is 7. The van der Waals surface area contributed by atoms with Crippen molar-refractivity contribution in [3.63, 3.8) is 0 Å². The molecule has 1 fully saturated rings. The van der Waals surface area contributed by atoms with Gasteiger partial charge in [0.15, 0.2) is 11.6 Å². The maximum absolute atomic E-state index is 14.2. The standard InChI is InChI=1S/C27H29F2N7OS/c28-19-6-2-7-20(29)26(19)21(30)12-16-4-1-5-18(27(16)31)22-8-3-9-24(34-22)36-15-32-23(35-36)14-38-13-17-10-11-25(37)33-17/h2-3,6-9,12,15,17-18H,1,4-5,10-11,13-14,30-31H2,(H,33,37)/b21-12-. The van der Waals surface area contributed by atoms with E-state index in [0.29, 0.717) is 35.9 Å². The minimum absolute atomic E-state index is 0.00392. The van der Waals surface area contributed by atoms with Crippen molar-refractivity contribution < 1.29 is 13.6 Å². The molecule has 2 aliphatic rings. The first-order chi connectivity index (χ1) is 18.4. The van der Waals surface area contributed by atoms with Crippen LogP contribution < -0.4 is 16.8 Å². The molecule has 8 nitrogen and oxygen atoms in total. The molecule has 5 N–H and O–H groups in total. The number of nitrogens with zero attached hydrogens (tertiary/aromatic N) is 4. The number of amides is 1. The Labute approximate surface area is 223 Å². The average Bonchev–Trinajstić information content (AvgIpc) is 3.54. The number of allylic oxidation sites excluding steroid dienone is 3. The number of nitrogens with one attached hydrogen (secondary N) is 1. The first-order valence-corrected chi connectivity index (χ1v) is 13.7. The maximum Gasteiger partial charge on any atom is 0.220 e. The molecule has 2 unspecified atom stereocenters. The molecule has 2 atom stereocenters. The van der Waals surface area contributed by atoms with Crippen LogP contribution in [-0.2, 0) is 10.5 Å². The Balaban J connectivity index is 1.31. The Morgan fingerprint density at radius 2 is 1.95 bits per heavy atom. The van der Waals surface area contributed by atoms with E-state index in [9.17, 15) is 13.6 Å². The van der Waals surface area contributed by atoms with E-state index in [1.807, 2.05) is 18.2 Å². The van der Waals surface area contributed by atoms with E-state index in [1.54, 1.807) is 28.8 Å². The minimum atomic E-state index is -0.712. The van der Waals surface area contributed by atoms with Gasteiger partial charge in [0.2, 0.25) is 5.91 Å². The van der Waals surface area contributed by atoms with Gasteiger partial charge in [0, 0.05) is 35.5 Å². The summed E-state index contributed by atoms with van der Waals surface area (Å²) in [5, 5.41) is 7.53. The lowest BCUT2D eigenvalue weighted by molar-refractivity contribution is -0.119. The molecule has 2 aromatic heterocycles. The normalized spacial score (nSPS) is 20.2. The lowest BCUT2D eigenvalue weighted by Crippen LogP contribution is -2.27. The predicted molar refractivity (Wildman–Crippen MR) is 143 cm³/mol. The third kappa shape index (κ3) is 5.72. The van der Waals surface area contributed by atoms with Gasteiger partial charge in [-0.15, -0.1) is 5.10 Å². The maximum atomic E-state index is 14.2. The van der Waals surface area contributed by atoms with Crippen LogP contribution in [-0.4, -0.2) is 37.5 Å². The zero-order chi connectivity index (χ0) is 26.6. The zero-order valence-electron chi connectivity index (χ0n) is 20.7. The summed E-state index contributed by atoms with van der Waals surface area (Å²) in [6.07, 6.45) is 6.96. The highest BCUT2D eigenvalue weighted by atomic mass is 32.2. The molecular formula is C27H29F2N7OS. The second kappa shape index (κ2) is 11.3. The van der Waals surface area contributed by atoms with Crippen LogP contribution in [0.1, 0.15) is 55.1 Å². The number of carbonyl (C=O) groups is 1. The van der Waals surface area contributed by atoms with Gasteiger partial charge in [-0.1, -0.05) is 12.1 Å². The summed E-state index contributed by atoms with van der Waals surface area (Å²) in [4.78, 5) is 20.6. The average molecular weight is 538 g/mol. The van der Waals surface area contributed by atoms with Gasteiger partial charge in [-0.2, -0.15) is 11.8 Å². The second-order valence-corrected chi connectivity index (χ2v) is 10.5. The van der Waals surface area contributed by atoms with Crippen LogP contribution in [0.3, 0.4) is 0 Å². The third-order valence-electron chi connectivity index (χ3n) is 6.79. The van der Waals surface area contributed by atoms with E-state index < -0.39 is 11.6 Å². The van der Waals surface area contributed by atoms with E-state index >= 15 is 0 Å². The van der Waals surface area contributed by atoms with Gasteiger partial charge in [-0.25, -0.2) is 23.4 Å². The van der Waals surface area contributed by atoms with Gasteiger partial charge in [-0.3, -0.25) is 4.79 Å². The van der Waals surface area contributed by atoms with Crippen molar-refractivity contribution in [3.05, 3.63) is 88.8 Å². The molecule has 38 heavy (non-hydrogen) atoms. The molecule has 1 amide bonds. The Morgan fingerprint density at radius 3 is 2.71 bits per heavy atom. The van der Waals surface area contributed by atoms with Gasteiger partial charge < -0.3 is 16.8 Å². The molecule has 0 bridgehead atoms. The number of hydrogen-bond donors (Lipinski definition) is 3. The molecule has 0 saturated carbocycles. The lowest BCUT2D eigenvalue weighted by Gasteiger charge is -2.25. The SMILES string of the molecule is NC1=C(/C=C(\N)c2c(F)cccc2F)CCCC1c1cccc(-n2cnc(CSCC3CCC(=O)N3)n2)n1. The van der Waals surface area contributed by atoms with Crippen molar-refractivity contribution in [2.45, 2.75) is 49.8 Å². The smallest absolute Gasteiger partial charge is 0.220 e. The summed E-state index contributed by atoms with van der Waals surface area (Å²) in [5.41, 5.74) is 14.5. The van der Waals surface area contributed by atoms with Gasteiger partial charge >= 0.3 is 0 Å². The number of halogens is 2. The topological polar surface area (TPSA) is 125 Å². The van der Waals surface area contributed by atoms with Crippen molar-refractivity contribution in [1.29, 1.82) is 0 Å². The molecule has 11 heteroatoms. The van der Waals surface area contributed by atoms with Crippen molar-refractivity contribution in [1.82, 2.24) is 25.1 Å². The van der Waals surface area contributed by atoms with Crippen LogP contribution in [0, 0.1) is 11.6 Å². The highest BCUT2D eigenvalue weighted by molar-refractivity contribution is 7.98. The van der Waals surface area contributed by atoms with Crippen LogP contribution in [0.15, 0.2) is 60.1 Å². The number of rotatable bonds is 8. The Bertz CT molecular complexity index is 1380. The molecule has 1 aromatic carbocycles. The highest BCUT2D eigenvalue weighted by Gasteiger charge is 2.24. The molecular weight excluding hydrogens is 508 g/mol. The fraction of sp³-hybridized carbons (Fsp3) is 0.333. The molecule has 1 saturated heterocycles. The van der Waals surface area contributed by atoms with Gasteiger partial charge in [0.1, 0.15) is 18.0 Å². The van der Waals surface area contributed by atoms with Crippen molar-refractivity contribution >= 4 is 23.4 Å². The Kier molecular flexibility index (Phi) is 7.73. The van der Waals surface area contributed by atoms with Gasteiger partial charge in [0.25, 0.3) is 0 Å². The fourth-order valence-corrected chi connectivity index (χ4v) is 5.81. The van der Waals surface area contributed by atoms with Crippen molar-refractivity contribution in [3.8, 4) is 5.82 Å². The largest absolute Gasteiger partial charge is 0.401 e. The number of thioether (sulfide) groups is 1. The van der Waals surface area contributed by atoms with Crippen molar-refractivity contribution in [2.24, 2.45) is 11.5 Å². The quantitative estimate of drug-likeness (QED) is 0.398. The molecule has 3 aromatic rings. The summed E-state index contributed by atoms with van der Waals surface area (Å²) >= 11 is 1.69. The molecule has 198 valence electrons. The van der Waals surface area contributed by atoms with Crippen LogP contribution in [0.5, 0.6) is 0 Å². The summed E-state index contributed by atoms with van der Waals surface area (Å²) in [6.45, 7) is 0. The summed E-state index contributed by atoms with van der Waals surface area (Å²) in [7, 11) is 0. The van der Waals surface area contributed by atoms with E-state index in [4.69, 9.17) is 16.5 Å². The highest BCUT2D eigenvalue weighted by Crippen LogP contribution is 2.36. The van der Waals surface area contributed by atoms with Crippen LogP contribution in [0.2, 0.25) is 0 Å². The van der Waals surface area contributed by atoms with Gasteiger partial charge in [-0.05, 0) is 61.6 Å². The first kappa shape index (κ1) is 25.9. The minimum Gasteiger partial charge on any atom is -0.401 e. The van der Waals surface area contributed by atoms with E-state index in [1.165, 1.54) is 18.2 Å². The first-order valence-electron chi connectivity index (χ1n) is 12.5. The lowest BCUT2D eigenvalue weighted by atomic mass is 9.84. The third-order valence-corrected chi connectivity index (χ3v) is 7.89. The monoisotopic (exact) mass is 537 g/mol. The van der Waals surface area contributed by atoms with Crippen molar-refractivity contribution in [2.75, 3.05) is 5.75 Å². The summed E-state index contributed by atoms with van der Waals surface area (Å²) in [6, 6.07) is 9.54.